The molecule has 0 aliphatic rings. The number of nitrogens with one attached hydrogen (secondary N) is 3. The third-order valence-corrected chi connectivity index (χ3v) is 5.46. The van der Waals surface area contributed by atoms with E-state index in [0.29, 0.717) is 23.9 Å². The maximum Gasteiger partial charge on any atom is 0.225 e. The standard InChI is InChI=1S/C20H42N4O2.C6H16N.2ClH/c1-7-9-10-11-12-13-15-21-16-14-19(26)23-20(24(4,5)6)17(3)22-18(25)8-2;1-5-6-7(2,3)4;;/h17,20-21H,7-16H2,1-6H3,(H-,22,23,25,26);5-6H2,1-4H3;2*1H/q;+1;;/p-1. The van der Waals surface area contributed by atoms with E-state index in [-0.39, 0.29) is 48.8 Å². The van der Waals surface area contributed by atoms with Crippen molar-refractivity contribution in [2.75, 3.05) is 61.9 Å². The maximum absolute atomic E-state index is 12.3. The molecule has 2 unspecified atom stereocenters. The Morgan fingerprint density at radius 1 is 0.714 bits per heavy atom. The lowest BCUT2D eigenvalue weighted by molar-refractivity contribution is -0.899. The molecule has 0 saturated carbocycles. The Labute approximate surface area is 230 Å². The second-order valence-electron chi connectivity index (χ2n) is 11.1. The number of hydrogen-bond acceptors (Lipinski definition) is 3. The fraction of sp³-hybridized carbons (Fsp3) is 0.923. The van der Waals surface area contributed by atoms with E-state index in [0.717, 1.165) is 11.0 Å². The highest BCUT2D eigenvalue weighted by atomic mass is 35.5. The van der Waals surface area contributed by atoms with Gasteiger partial charge in [0, 0.05) is 19.4 Å². The van der Waals surface area contributed by atoms with Gasteiger partial charge in [0.1, 0.15) is 0 Å². The Bertz CT molecular complexity index is 509. The zero-order chi connectivity index (χ0) is 25.9. The fourth-order valence-corrected chi connectivity index (χ4v) is 3.69. The molecule has 0 radical (unpaired) electrons. The van der Waals surface area contributed by atoms with Gasteiger partial charge in [0.15, 0.2) is 6.17 Å². The summed E-state index contributed by atoms with van der Waals surface area (Å²) in [6.45, 7) is 11.2. The Balaban J connectivity index is -0.000000464. The van der Waals surface area contributed by atoms with E-state index in [2.05, 4.69) is 50.9 Å². The largest absolute Gasteiger partial charge is 1.00 e. The van der Waals surface area contributed by atoms with Crippen LogP contribution in [-0.4, -0.2) is 94.9 Å². The number of quaternary nitrogens is 2. The van der Waals surface area contributed by atoms with Crippen LogP contribution in [0.4, 0.5) is 0 Å². The van der Waals surface area contributed by atoms with Gasteiger partial charge in [0.2, 0.25) is 11.8 Å². The molecule has 7 nitrogen and oxygen atoms in total. The molecule has 0 aromatic carbocycles. The van der Waals surface area contributed by atoms with Gasteiger partial charge in [-0.25, -0.2) is 0 Å². The maximum atomic E-state index is 12.3. The van der Waals surface area contributed by atoms with Gasteiger partial charge < -0.3 is 49.7 Å². The smallest absolute Gasteiger partial charge is 0.225 e. The van der Waals surface area contributed by atoms with Crippen LogP contribution in [0, 0.1) is 0 Å². The summed E-state index contributed by atoms with van der Waals surface area (Å²) in [7, 11) is 12.7. The zero-order valence-electron chi connectivity index (χ0n) is 24.6. The van der Waals surface area contributed by atoms with Crippen LogP contribution in [0.3, 0.4) is 0 Å². The lowest BCUT2D eigenvalue weighted by Gasteiger charge is -2.38. The predicted octanol–water partition coefficient (Wildman–Crippen LogP) is -2.50. The van der Waals surface area contributed by atoms with Crippen molar-refractivity contribution < 1.29 is 43.4 Å². The first-order valence-electron chi connectivity index (χ1n) is 13.2. The van der Waals surface area contributed by atoms with Gasteiger partial charge in [-0.1, -0.05) is 52.9 Å². The van der Waals surface area contributed by atoms with Crippen molar-refractivity contribution in [2.24, 2.45) is 0 Å². The van der Waals surface area contributed by atoms with Gasteiger partial charge in [0.05, 0.1) is 54.9 Å². The zero-order valence-corrected chi connectivity index (χ0v) is 26.1. The van der Waals surface area contributed by atoms with Gasteiger partial charge in [-0.05, 0) is 26.3 Å². The normalized spacial score (nSPS) is 12.7. The van der Waals surface area contributed by atoms with Crippen molar-refractivity contribution >= 4 is 11.8 Å². The van der Waals surface area contributed by atoms with E-state index in [9.17, 15) is 9.59 Å². The van der Waals surface area contributed by atoms with Crippen LogP contribution in [0.15, 0.2) is 0 Å². The van der Waals surface area contributed by atoms with Gasteiger partial charge in [-0.2, -0.15) is 0 Å². The summed E-state index contributed by atoms with van der Waals surface area (Å²) in [5, 5.41) is 9.41. The number of halogens is 2. The van der Waals surface area contributed by atoms with Crippen molar-refractivity contribution in [3.05, 3.63) is 0 Å². The van der Waals surface area contributed by atoms with Crippen LogP contribution in [-0.2, 0) is 9.59 Å². The summed E-state index contributed by atoms with van der Waals surface area (Å²) in [4.78, 5) is 23.9. The summed E-state index contributed by atoms with van der Waals surface area (Å²) in [6, 6.07) is -0.123. The lowest BCUT2D eigenvalue weighted by Crippen LogP contribution is -3.00. The SMILES string of the molecule is CCCCCCCCNCCC(=O)NC(C(C)NC(=O)CC)[N+](C)(C)C.CCC[N+](C)(C)C.[Cl-].[Cl-]. The van der Waals surface area contributed by atoms with E-state index < -0.39 is 0 Å². The first-order valence-corrected chi connectivity index (χ1v) is 13.2. The molecular formula is C26H59Cl2N5O2. The molecule has 0 aliphatic carbocycles. The Morgan fingerprint density at radius 2 is 1.26 bits per heavy atom. The van der Waals surface area contributed by atoms with Crippen molar-refractivity contribution in [2.45, 2.75) is 97.7 Å². The quantitative estimate of drug-likeness (QED) is 0.108. The van der Waals surface area contributed by atoms with Gasteiger partial charge in [-0.15, -0.1) is 0 Å². The molecule has 0 aliphatic heterocycles. The number of likely N-dealkylation sites (N-methyl/N-ethyl adjacent to an activating group) is 1. The molecule has 214 valence electrons. The second-order valence-corrected chi connectivity index (χ2v) is 11.1. The van der Waals surface area contributed by atoms with Crippen LogP contribution in [0.1, 0.15) is 85.5 Å². The third-order valence-electron chi connectivity index (χ3n) is 5.46. The fourth-order valence-electron chi connectivity index (χ4n) is 3.69. The monoisotopic (exact) mass is 543 g/mol. The molecule has 0 aromatic heterocycles. The lowest BCUT2D eigenvalue weighted by atomic mass is 10.1. The Morgan fingerprint density at radius 3 is 1.69 bits per heavy atom. The number of carbonyl (C=O) groups excluding carboxylic acids is 2. The second kappa shape index (κ2) is 23.8. The average Bonchev–Trinajstić information content (AvgIpc) is 2.69. The predicted molar refractivity (Wildman–Crippen MR) is 142 cm³/mol. The Hall–Kier alpha value is -0.600. The minimum atomic E-state index is -0.156. The first-order chi connectivity index (χ1) is 15.3. The van der Waals surface area contributed by atoms with Crippen LogP contribution in [0.5, 0.6) is 0 Å². The summed E-state index contributed by atoms with van der Waals surface area (Å²) in [5.41, 5.74) is 0. The number of rotatable bonds is 17. The summed E-state index contributed by atoms with van der Waals surface area (Å²) in [5.74, 6) is 0.0295. The van der Waals surface area contributed by atoms with E-state index in [4.69, 9.17) is 0 Å². The Kier molecular flexibility index (Phi) is 28.2. The highest BCUT2D eigenvalue weighted by Crippen LogP contribution is 2.06. The minimum Gasteiger partial charge on any atom is -1.00 e. The first kappa shape index (κ1) is 41.5. The molecule has 2 atom stereocenters. The van der Waals surface area contributed by atoms with E-state index >= 15 is 0 Å². The molecular weight excluding hydrogens is 485 g/mol. The van der Waals surface area contributed by atoms with Crippen LogP contribution in [0.25, 0.3) is 0 Å². The molecule has 0 fully saturated rings. The molecule has 0 aromatic rings. The van der Waals surface area contributed by atoms with Crippen molar-refractivity contribution in [3.8, 4) is 0 Å². The highest BCUT2D eigenvalue weighted by Gasteiger charge is 2.32. The summed E-state index contributed by atoms with van der Waals surface area (Å²) < 4.78 is 1.65. The molecule has 0 rings (SSSR count). The van der Waals surface area contributed by atoms with E-state index in [1.54, 1.807) is 0 Å². The highest BCUT2D eigenvalue weighted by molar-refractivity contribution is 5.77. The molecule has 3 N–H and O–H groups in total. The third kappa shape index (κ3) is 27.8. The molecule has 0 spiro atoms. The van der Waals surface area contributed by atoms with Gasteiger partial charge in [-0.3, -0.25) is 9.59 Å². The summed E-state index contributed by atoms with van der Waals surface area (Å²) >= 11 is 0. The number of hydrogen-bond donors (Lipinski definition) is 3. The molecule has 0 bridgehead atoms. The number of carbonyl (C=O) groups is 2. The topological polar surface area (TPSA) is 70.2 Å². The van der Waals surface area contributed by atoms with Crippen LogP contribution in [0.2, 0.25) is 0 Å². The van der Waals surface area contributed by atoms with Gasteiger partial charge in [0.25, 0.3) is 0 Å². The van der Waals surface area contributed by atoms with E-state index in [1.165, 1.54) is 51.5 Å². The van der Waals surface area contributed by atoms with E-state index in [1.807, 2.05) is 35.0 Å². The van der Waals surface area contributed by atoms with Crippen molar-refractivity contribution in [1.82, 2.24) is 16.0 Å². The summed E-state index contributed by atoms with van der Waals surface area (Å²) in [6.07, 6.45) is 9.72. The molecule has 0 heterocycles. The van der Waals surface area contributed by atoms with Crippen LogP contribution < -0.4 is 40.8 Å². The molecule has 2 amide bonds. The molecule has 0 saturated heterocycles. The van der Waals surface area contributed by atoms with Crippen LogP contribution >= 0.6 is 0 Å². The number of nitrogens with zero attached hydrogens (tertiary/aromatic N) is 2. The van der Waals surface area contributed by atoms with Crippen molar-refractivity contribution in [3.63, 3.8) is 0 Å². The molecule has 9 heteroatoms. The number of unbranched alkanes of at least 4 members (excludes halogenated alkanes) is 5. The molecule has 35 heavy (non-hydrogen) atoms. The average molecular weight is 545 g/mol. The number of amides is 2. The van der Waals surface area contributed by atoms with Gasteiger partial charge >= 0.3 is 0 Å². The minimum absolute atomic E-state index is 0. The van der Waals surface area contributed by atoms with Crippen molar-refractivity contribution in [1.29, 1.82) is 0 Å².